The van der Waals surface area contributed by atoms with Crippen molar-refractivity contribution < 1.29 is 9.53 Å². The van der Waals surface area contributed by atoms with Crippen molar-refractivity contribution in [1.29, 1.82) is 0 Å². The molecule has 1 saturated heterocycles. The number of nitrogens with zero attached hydrogens (tertiary/aromatic N) is 2. The molecule has 100 valence electrons. The number of hydrogen-bond acceptors (Lipinski definition) is 3. The molecule has 18 heavy (non-hydrogen) atoms. The molecule has 0 unspecified atom stereocenters. The summed E-state index contributed by atoms with van der Waals surface area (Å²) in [6, 6.07) is 1.75. The fourth-order valence-electron chi connectivity index (χ4n) is 2.02. The van der Waals surface area contributed by atoms with Crippen LogP contribution in [0.5, 0.6) is 0 Å². The predicted molar refractivity (Wildman–Crippen MR) is 67.2 cm³/mol. The van der Waals surface area contributed by atoms with Crippen molar-refractivity contribution in [2.24, 2.45) is 0 Å². The summed E-state index contributed by atoms with van der Waals surface area (Å²) in [7, 11) is 0. The smallest absolute Gasteiger partial charge is 0.315 e. The van der Waals surface area contributed by atoms with Crippen LogP contribution in [0.4, 0.5) is 4.79 Å². The van der Waals surface area contributed by atoms with E-state index in [1.54, 1.807) is 10.9 Å². The molecule has 1 fully saturated rings. The van der Waals surface area contributed by atoms with Crippen molar-refractivity contribution in [2.75, 3.05) is 13.2 Å². The summed E-state index contributed by atoms with van der Waals surface area (Å²) in [5.74, 6) is 0. The van der Waals surface area contributed by atoms with Crippen molar-refractivity contribution in [3.63, 3.8) is 0 Å². The second-order valence-corrected chi connectivity index (χ2v) is 4.62. The molecule has 6 heteroatoms. The van der Waals surface area contributed by atoms with Crippen LogP contribution >= 0.6 is 0 Å². The van der Waals surface area contributed by atoms with Gasteiger partial charge in [-0.15, -0.1) is 0 Å². The summed E-state index contributed by atoms with van der Waals surface area (Å²) in [4.78, 5) is 11.6. The molecule has 1 aromatic rings. The van der Waals surface area contributed by atoms with E-state index in [2.05, 4.69) is 15.7 Å². The third-order valence-electron chi connectivity index (χ3n) is 2.91. The van der Waals surface area contributed by atoms with Gasteiger partial charge in [0.15, 0.2) is 0 Å². The van der Waals surface area contributed by atoms with E-state index in [-0.39, 0.29) is 18.2 Å². The molecule has 1 aliphatic rings. The average molecular weight is 252 g/mol. The molecule has 0 aromatic carbocycles. The fraction of sp³-hybridized carbons (Fsp3) is 0.667. The third kappa shape index (κ3) is 4.03. The minimum atomic E-state index is -0.148. The predicted octanol–water partition coefficient (Wildman–Crippen LogP) is 0.750. The first-order chi connectivity index (χ1) is 8.74. The van der Waals surface area contributed by atoms with Crippen LogP contribution in [0.3, 0.4) is 0 Å². The molecule has 1 aromatic heterocycles. The lowest BCUT2D eigenvalue weighted by Crippen LogP contribution is -2.44. The summed E-state index contributed by atoms with van der Waals surface area (Å²) in [6.07, 6.45) is 5.90. The lowest BCUT2D eigenvalue weighted by atomic mass is 10.2. The zero-order valence-corrected chi connectivity index (χ0v) is 10.6. The van der Waals surface area contributed by atoms with Crippen LogP contribution in [-0.2, 0) is 11.3 Å². The van der Waals surface area contributed by atoms with E-state index in [4.69, 9.17) is 4.74 Å². The van der Waals surface area contributed by atoms with E-state index >= 15 is 0 Å². The van der Waals surface area contributed by atoms with Crippen molar-refractivity contribution in [1.82, 2.24) is 20.4 Å². The first-order valence-corrected chi connectivity index (χ1v) is 6.37. The molecule has 0 saturated carbocycles. The van der Waals surface area contributed by atoms with Gasteiger partial charge in [-0.25, -0.2) is 4.79 Å². The van der Waals surface area contributed by atoms with Gasteiger partial charge in [0.25, 0.3) is 0 Å². The monoisotopic (exact) mass is 252 g/mol. The van der Waals surface area contributed by atoms with Crippen LogP contribution in [-0.4, -0.2) is 41.1 Å². The molecular formula is C12H20N4O2. The van der Waals surface area contributed by atoms with Gasteiger partial charge in [-0.1, -0.05) is 0 Å². The molecule has 2 amide bonds. The molecule has 2 N–H and O–H groups in total. The maximum atomic E-state index is 11.6. The quantitative estimate of drug-likeness (QED) is 0.812. The fourth-order valence-corrected chi connectivity index (χ4v) is 2.02. The summed E-state index contributed by atoms with van der Waals surface area (Å²) < 4.78 is 7.23. The number of rotatable bonds is 5. The van der Waals surface area contributed by atoms with Crippen LogP contribution in [0.1, 0.15) is 19.8 Å². The third-order valence-corrected chi connectivity index (χ3v) is 2.91. The number of amides is 2. The highest BCUT2D eigenvalue weighted by molar-refractivity contribution is 5.74. The zero-order valence-electron chi connectivity index (χ0n) is 10.6. The number of nitrogens with one attached hydrogen (secondary N) is 2. The molecule has 0 radical (unpaired) electrons. The highest BCUT2D eigenvalue weighted by Gasteiger charge is 2.16. The van der Waals surface area contributed by atoms with E-state index < -0.39 is 0 Å². The van der Waals surface area contributed by atoms with Gasteiger partial charge in [0.05, 0.1) is 12.6 Å². The molecule has 0 bridgehead atoms. The van der Waals surface area contributed by atoms with Crippen LogP contribution in [0, 0.1) is 0 Å². The van der Waals surface area contributed by atoms with Crippen molar-refractivity contribution in [3.8, 4) is 0 Å². The normalized spacial score (nSPS) is 20.6. The van der Waals surface area contributed by atoms with Gasteiger partial charge in [0.2, 0.25) is 0 Å². The Hall–Kier alpha value is -1.56. The van der Waals surface area contributed by atoms with Crippen LogP contribution < -0.4 is 10.6 Å². The molecule has 2 atom stereocenters. The van der Waals surface area contributed by atoms with E-state index in [0.29, 0.717) is 13.1 Å². The van der Waals surface area contributed by atoms with Gasteiger partial charge in [-0.2, -0.15) is 5.10 Å². The van der Waals surface area contributed by atoms with Gasteiger partial charge in [0, 0.05) is 31.6 Å². The van der Waals surface area contributed by atoms with Crippen molar-refractivity contribution >= 4 is 6.03 Å². The standard InChI is InChI=1S/C12H20N4O2/c1-10(9-16-6-3-5-14-16)15-12(17)13-8-11-4-2-7-18-11/h3,5-6,10-11H,2,4,7-9H2,1H3,(H2,13,15,17)/t10-,11+/m0/s1. The molecular weight excluding hydrogens is 232 g/mol. The minimum Gasteiger partial charge on any atom is -0.376 e. The Morgan fingerprint density at radius 2 is 2.56 bits per heavy atom. The minimum absolute atomic E-state index is 0.0365. The first-order valence-electron chi connectivity index (χ1n) is 6.37. The lowest BCUT2D eigenvalue weighted by molar-refractivity contribution is 0.111. The molecule has 2 heterocycles. The maximum Gasteiger partial charge on any atom is 0.315 e. The van der Waals surface area contributed by atoms with Gasteiger partial charge < -0.3 is 15.4 Å². The van der Waals surface area contributed by atoms with E-state index in [9.17, 15) is 4.79 Å². The van der Waals surface area contributed by atoms with Crippen LogP contribution in [0.25, 0.3) is 0 Å². The van der Waals surface area contributed by atoms with Gasteiger partial charge in [0.1, 0.15) is 0 Å². The Morgan fingerprint density at radius 1 is 1.67 bits per heavy atom. The van der Waals surface area contributed by atoms with Crippen LogP contribution in [0.15, 0.2) is 18.5 Å². The second-order valence-electron chi connectivity index (χ2n) is 4.62. The molecule has 6 nitrogen and oxygen atoms in total. The summed E-state index contributed by atoms with van der Waals surface area (Å²) in [5, 5.41) is 9.80. The molecule has 2 rings (SSSR count). The second kappa shape index (κ2) is 6.39. The van der Waals surface area contributed by atoms with Crippen LogP contribution in [0.2, 0.25) is 0 Å². The number of aromatic nitrogens is 2. The van der Waals surface area contributed by atoms with Gasteiger partial charge in [-0.05, 0) is 25.8 Å². The van der Waals surface area contributed by atoms with Gasteiger partial charge >= 0.3 is 6.03 Å². The highest BCUT2D eigenvalue weighted by atomic mass is 16.5. The molecule has 0 aliphatic carbocycles. The van der Waals surface area contributed by atoms with E-state index in [1.807, 2.05) is 19.2 Å². The average Bonchev–Trinajstić information content (AvgIpc) is 2.98. The Kier molecular flexibility index (Phi) is 4.58. The Bertz CT molecular complexity index is 360. The van der Waals surface area contributed by atoms with E-state index in [0.717, 1.165) is 19.4 Å². The number of carbonyl (C=O) groups excluding carboxylic acids is 1. The largest absolute Gasteiger partial charge is 0.376 e. The molecule has 0 spiro atoms. The topological polar surface area (TPSA) is 68.2 Å². The number of hydrogen-bond donors (Lipinski definition) is 2. The summed E-state index contributed by atoms with van der Waals surface area (Å²) >= 11 is 0. The van der Waals surface area contributed by atoms with Crippen molar-refractivity contribution in [2.45, 2.75) is 38.5 Å². The maximum absolute atomic E-state index is 11.6. The Labute approximate surface area is 107 Å². The van der Waals surface area contributed by atoms with Gasteiger partial charge in [-0.3, -0.25) is 4.68 Å². The SMILES string of the molecule is C[C@@H](Cn1cccn1)NC(=O)NC[C@H]1CCCO1. The highest BCUT2D eigenvalue weighted by Crippen LogP contribution is 2.10. The first kappa shape index (κ1) is 12.9. The summed E-state index contributed by atoms with van der Waals surface area (Å²) in [6.45, 7) is 4.01. The lowest BCUT2D eigenvalue weighted by Gasteiger charge is -2.16. The molecule has 1 aliphatic heterocycles. The van der Waals surface area contributed by atoms with Crippen molar-refractivity contribution in [3.05, 3.63) is 18.5 Å². The Balaban J connectivity index is 1.63. The Morgan fingerprint density at radius 3 is 3.22 bits per heavy atom. The number of ether oxygens (including phenoxy) is 1. The number of urea groups is 1. The van der Waals surface area contributed by atoms with E-state index in [1.165, 1.54) is 0 Å². The zero-order chi connectivity index (χ0) is 12.8. The summed E-state index contributed by atoms with van der Waals surface area (Å²) in [5.41, 5.74) is 0. The number of carbonyl (C=O) groups is 1.